The molecule has 2 aromatic rings. The van der Waals surface area contributed by atoms with E-state index < -0.39 is 10.0 Å². The average Bonchev–Trinajstić information content (AvgIpc) is 2.89. The Balaban J connectivity index is 2.28. The van der Waals surface area contributed by atoms with Crippen LogP contribution in [0.3, 0.4) is 0 Å². The normalized spacial score (nSPS) is 12.0. The van der Waals surface area contributed by atoms with Crippen LogP contribution in [0.25, 0.3) is 0 Å². The molecule has 6 nitrogen and oxygen atoms in total. The van der Waals surface area contributed by atoms with Gasteiger partial charge in [0.25, 0.3) is 0 Å². The zero-order chi connectivity index (χ0) is 15.6. The topological polar surface area (TPSA) is 76.3 Å². The summed E-state index contributed by atoms with van der Waals surface area (Å²) >= 11 is 0. The molecule has 0 atom stereocenters. The minimum atomic E-state index is -3.58. The first-order valence-electron chi connectivity index (χ1n) is 6.69. The molecule has 0 aliphatic rings. The first-order valence-corrected chi connectivity index (χ1v) is 8.13. The van der Waals surface area contributed by atoms with E-state index in [1.54, 1.807) is 19.1 Å². The molecule has 0 amide bonds. The summed E-state index contributed by atoms with van der Waals surface area (Å²) in [6, 6.07) is 5.37. The predicted octanol–water partition coefficient (Wildman–Crippen LogP) is 2.07. The SMILES string of the molecule is CCc1noc(CN(C)S(=O)(=O)c2cc(C)ccc2C)n1. The number of hydrogen-bond donors (Lipinski definition) is 0. The van der Waals surface area contributed by atoms with Crippen molar-refractivity contribution < 1.29 is 12.9 Å². The van der Waals surface area contributed by atoms with Gasteiger partial charge in [0.1, 0.15) is 0 Å². The number of benzene rings is 1. The quantitative estimate of drug-likeness (QED) is 0.845. The van der Waals surface area contributed by atoms with E-state index >= 15 is 0 Å². The van der Waals surface area contributed by atoms with Gasteiger partial charge in [0.05, 0.1) is 11.4 Å². The molecule has 2 rings (SSSR count). The molecule has 7 heteroatoms. The second kappa shape index (κ2) is 5.95. The summed E-state index contributed by atoms with van der Waals surface area (Å²) in [7, 11) is -2.08. The van der Waals surface area contributed by atoms with E-state index in [0.29, 0.717) is 28.6 Å². The largest absolute Gasteiger partial charge is 0.338 e. The molecule has 21 heavy (non-hydrogen) atoms. The Morgan fingerprint density at radius 2 is 2.00 bits per heavy atom. The highest BCUT2D eigenvalue weighted by Gasteiger charge is 2.24. The Morgan fingerprint density at radius 1 is 1.29 bits per heavy atom. The number of sulfonamides is 1. The van der Waals surface area contributed by atoms with Gasteiger partial charge in [-0.1, -0.05) is 24.2 Å². The number of aromatic nitrogens is 2. The van der Waals surface area contributed by atoms with Gasteiger partial charge in [-0.2, -0.15) is 9.29 Å². The van der Waals surface area contributed by atoms with Gasteiger partial charge in [-0.25, -0.2) is 8.42 Å². The molecule has 1 aromatic heterocycles. The van der Waals surface area contributed by atoms with Crippen LogP contribution < -0.4 is 0 Å². The first kappa shape index (κ1) is 15.7. The maximum Gasteiger partial charge on any atom is 0.243 e. The van der Waals surface area contributed by atoms with E-state index in [1.807, 2.05) is 19.9 Å². The van der Waals surface area contributed by atoms with Gasteiger partial charge >= 0.3 is 0 Å². The monoisotopic (exact) mass is 309 g/mol. The number of nitrogens with zero attached hydrogens (tertiary/aromatic N) is 3. The molecule has 1 aromatic carbocycles. The van der Waals surface area contributed by atoms with Crippen molar-refractivity contribution in [2.24, 2.45) is 0 Å². The van der Waals surface area contributed by atoms with Crippen molar-refractivity contribution in [1.82, 2.24) is 14.4 Å². The first-order chi connectivity index (χ1) is 9.84. The van der Waals surface area contributed by atoms with Gasteiger partial charge in [-0.05, 0) is 31.0 Å². The summed E-state index contributed by atoms with van der Waals surface area (Å²) in [6.45, 7) is 5.61. The van der Waals surface area contributed by atoms with Gasteiger partial charge in [0, 0.05) is 13.5 Å². The third kappa shape index (κ3) is 3.30. The van der Waals surface area contributed by atoms with Crippen LogP contribution in [0.2, 0.25) is 0 Å². The lowest BCUT2D eigenvalue weighted by atomic mass is 10.2. The molecule has 1 heterocycles. The van der Waals surface area contributed by atoms with Crippen LogP contribution >= 0.6 is 0 Å². The molecule has 0 aliphatic heterocycles. The Kier molecular flexibility index (Phi) is 4.43. The third-order valence-electron chi connectivity index (χ3n) is 3.22. The van der Waals surface area contributed by atoms with Crippen molar-refractivity contribution >= 4 is 10.0 Å². The van der Waals surface area contributed by atoms with Gasteiger partial charge in [-0.3, -0.25) is 0 Å². The highest BCUT2D eigenvalue weighted by atomic mass is 32.2. The van der Waals surface area contributed by atoms with E-state index in [0.717, 1.165) is 5.56 Å². The molecular formula is C14H19N3O3S. The number of rotatable bonds is 5. The maximum atomic E-state index is 12.6. The van der Waals surface area contributed by atoms with Crippen LogP contribution in [-0.2, 0) is 23.0 Å². The Labute approximate surface area is 124 Å². The van der Waals surface area contributed by atoms with Crippen LogP contribution in [0.4, 0.5) is 0 Å². The molecule has 0 saturated carbocycles. The van der Waals surface area contributed by atoms with Gasteiger partial charge < -0.3 is 4.52 Å². The third-order valence-corrected chi connectivity index (χ3v) is 5.16. The molecule has 0 bridgehead atoms. The Bertz CT molecular complexity index is 738. The Hall–Kier alpha value is -1.73. The highest BCUT2D eigenvalue weighted by molar-refractivity contribution is 7.89. The lowest BCUT2D eigenvalue weighted by Gasteiger charge is -2.17. The summed E-state index contributed by atoms with van der Waals surface area (Å²) in [5.41, 5.74) is 1.62. The van der Waals surface area contributed by atoms with E-state index in [-0.39, 0.29) is 6.54 Å². The molecule has 0 saturated heterocycles. The Morgan fingerprint density at radius 3 is 2.62 bits per heavy atom. The molecular weight excluding hydrogens is 290 g/mol. The zero-order valence-electron chi connectivity index (χ0n) is 12.6. The number of hydrogen-bond acceptors (Lipinski definition) is 5. The summed E-state index contributed by atoms with van der Waals surface area (Å²) < 4.78 is 31.5. The summed E-state index contributed by atoms with van der Waals surface area (Å²) in [6.07, 6.45) is 0.650. The molecule has 0 spiro atoms. The summed E-state index contributed by atoms with van der Waals surface area (Å²) in [4.78, 5) is 4.44. The average molecular weight is 309 g/mol. The van der Waals surface area contributed by atoms with Crippen LogP contribution in [0.15, 0.2) is 27.6 Å². The van der Waals surface area contributed by atoms with Crippen molar-refractivity contribution in [2.75, 3.05) is 7.05 Å². The van der Waals surface area contributed by atoms with Crippen LogP contribution in [0.1, 0.15) is 29.8 Å². The standard InChI is InChI=1S/C14H19N3O3S/c1-5-13-15-14(20-16-13)9-17(4)21(18,19)12-8-10(2)6-7-11(12)3/h6-8H,5,9H2,1-4H3. The van der Waals surface area contributed by atoms with Crippen LogP contribution in [0, 0.1) is 13.8 Å². The molecule has 0 unspecified atom stereocenters. The molecule has 0 aliphatic carbocycles. The molecule has 0 fully saturated rings. The fourth-order valence-corrected chi connectivity index (χ4v) is 3.35. The molecule has 0 radical (unpaired) electrons. The van der Waals surface area contributed by atoms with Gasteiger partial charge in [0.2, 0.25) is 15.9 Å². The summed E-state index contributed by atoms with van der Waals surface area (Å²) in [5, 5.41) is 3.77. The van der Waals surface area contributed by atoms with E-state index in [1.165, 1.54) is 11.4 Å². The van der Waals surface area contributed by atoms with Gasteiger partial charge in [-0.15, -0.1) is 0 Å². The van der Waals surface area contributed by atoms with Crippen molar-refractivity contribution in [1.29, 1.82) is 0 Å². The van der Waals surface area contributed by atoms with E-state index in [4.69, 9.17) is 4.52 Å². The smallest absolute Gasteiger partial charge is 0.243 e. The molecule has 114 valence electrons. The van der Waals surface area contributed by atoms with Crippen molar-refractivity contribution in [2.45, 2.75) is 38.6 Å². The maximum absolute atomic E-state index is 12.6. The molecule has 0 N–H and O–H groups in total. The van der Waals surface area contributed by atoms with Gasteiger partial charge in [0.15, 0.2) is 5.82 Å². The number of aryl methyl sites for hydroxylation is 3. The minimum absolute atomic E-state index is 0.0582. The summed E-state index contributed by atoms with van der Waals surface area (Å²) in [5.74, 6) is 0.866. The van der Waals surface area contributed by atoms with Crippen LogP contribution in [0.5, 0.6) is 0 Å². The van der Waals surface area contributed by atoms with Crippen molar-refractivity contribution in [3.8, 4) is 0 Å². The predicted molar refractivity (Wildman–Crippen MR) is 78.2 cm³/mol. The minimum Gasteiger partial charge on any atom is -0.338 e. The van der Waals surface area contributed by atoms with Crippen molar-refractivity contribution in [3.63, 3.8) is 0 Å². The fraction of sp³-hybridized carbons (Fsp3) is 0.429. The second-order valence-corrected chi connectivity index (χ2v) is 7.00. The zero-order valence-corrected chi connectivity index (χ0v) is 13.4. The fourth-order valence-electron chi connectivity index (χ4n) is 1.93. The van der Waals surface area contributed by atoms with Crippen molar-refractivity contribution in [3.05, 3.63) is 41.0 Å². The second-order valence-electron chi connectivity index (χ2n) is 4.99. The van der Waals surface area contributed by atoms with E-state index in [9.17, 15) is 8.42 Å². The lowest BCUT2D eigenvalue weighted by Crippen LogP contribution is -2.27. The van der Waals surface area contributed by atoms with E-state index in [2.05, 4.69) is 10.1 Å². The lowest BCUT2D eigenvalue weighted by molar-refractivity contribution is 0.334. The van der Waals surface area contributed by atoms with Crippen LogP contribution in [-0.4, -0.2) is 29.9 Å². The highest BCUT2D eigenvalue weighted by Crippen LogP contribution is 2.21.